The number of unbranched alkanes of at least 4 members (excludes halogenated alkanes) is 4. The van der Waals surface area contributed by atoms with Gasteiger partial charge in [-0.2, -0.15) is 0 Å². The van der Waals surface area contributed by atoms with Crippen molar-refractivity contribution in [2.24, 2.45) is 11.8 Å². The number of carbonyl (C=O) groups excluding carboxylic acids is 2. The van der Waals surface area contributed by atoms with Crippen LogP contribution in [0.15, 0.2) is 12.2 Å². The average Bonchev–Trinajstić information content (AvgIpc) is 3.33. The number of ether oxygens (including phenoxy) is 3. The van der Waals surface area contributed by atoms with Crippen LogP contribution in [0, 0.1) is 11.8 Å². The van der Waals surface area contributed by atoms with Gasteiger partial charge in [-0.05, 0) is 38.0 Å². The summed E-state index contributed by atoms with van der Waals surface area (Å²) in [6.45, 7) is 3.51. The van der Waals surface area contributed by atoms with E-state index in [1.807, 2.05) is 6.08 Å². The van der Waals surface area contributed by atoms with Crippen LogP contribution in [-0.2, 0) is 28.3 Å². The van der Waals surface area contributed by atoms with Crippen LogP contribution in [0.3, 0.4) is 0 Å². The molecule has 1 saturated carbocycles. The lowest BCUT2D eigenvalue weighted by molar-refractivity contribution is -0.171. The summed E-state index contributed by atoms with van der Waals surface area (Å²) >= 11 is 0. The van der Waals surface area contributed by atoms with Crippen LogP contribution in [-0.4, -0.2) is 44.0 Å². The largest absolute Gasteiger partial charge is 0.466 e. The Bertz CT molecular complexity index is 558. The summed E-state index contributed by atoms with van der Waals surface area (Å²) in [6.07, 6.45) is 13.4. The highest BCUT2D eigenvalue weighted by Crippen LogP contribution is 2.41. The fraction of sp³-hybridized carbons (Fsp3) is 0.826. The molecule has 1 heterocycles. The highest BCUT2D eigenvalue weighted by atomic mass is 31.0. The molecule has 0 amide bonds. The zero-order chi connectivity index (χ0) is 21.8. The third-order valence-electron chi connectivity index (χ3n) is 6.41. The number of hydrogen-bond donors (Lipinski definition) is 0. The Labute approximate surface area is 183 Å². The summed E-state index contributed by atoms with van der Waals surface area (Å²) in [5, 5.41) is 0. The molecule has 7 heteroatoms. The Kier molecular flexibility index (Phi) is 11.5. The number of allylic oxidation sites excluding steroid dienone is 1. The predicted molar refractivity (Wildman–Crippen MR) is 119 cm³/mol. The van der Waals surface area contributed by atoms with Crippen molar-refractivity contribution in [3.63, 3.8) is 0 Å². The molecule has 172 valence electrons. The van der Waals surface area contributed by atoms with Crippen molar-refractivity contribution in [2.45, 2.75) is 89.4 Å². The molecule has 0 aromatic carbocycles. The third-order valence-corrected chi connectivity index (χ3v) is 6.76. The maximum atomic E-state index is 12.7. The molecule has 1 aliphatic heterocycles. The number of rotatable bonds is 14. The van der Waals surface area contributed by atoms with Crippen LogP contribution in [0.25, 0.3) is 0 Å². The van der Waals surface area contributed by atoms with Crippen molar-refractivity contribution in [3.05, 3.63) is 12.2 Å². The maximum Gasteiger partial charge on any atom is 0.330 e. The molecule has 0 spiro atoms. The SMILES string of the molecule is CCCCCC1(CC[C@H]2C(OP)CC(=O)C2CCCC/C=C/C(=O)OC)OCCO1. The smallest absolute Gasteiger partial charge is 0.330 e. The minimum Gasteiger partial charge on any atom is -0.466 e. The van der Waals surface area contributed by atoms with Crippen LogP contribution in [0.1, 0.15) is 77.6 Å². The lowest BCUT2D eigenvalue weighted by Gasteiger charge is -2.31. The molecule has 6 nitrogen and oxygen atoms in total. The van der Waals surface area contributed by atoms with Crippen molar-refractivity contribution in [1.29, 1.82) is 0 Å². The Morgan fingerprint density at radius 1 is 1.17 bits per heavy atom. The maximum absolute atomic E-state index is 12.7. The summed E-state index contributed by atoms with van der Waals surface area (Å²) in [5.41, 5.74) is 0. The second-order valence-corrected chi connectivity index (χ2v) is 8.70. The summed E-state index contributed by atoms with van der Waals surface area (Å²) in [4.78, 5) is 23.8. The first-order chi connectivity index (χ1) is 14.5. The van der Waals surface area contributed by atoms with Gasteiger partial charge < -0.3 is 18.7 Å². The molecule has 0 N–H and O–H groups in total. The molecular formula is C23H39O6P. The average molecular weight is 443 g/mol. The zero-order valence-corrected chi connectivity index (χ0v) is 19.8. The molecule has 1 aliphatic carbocycles. The van der Waals surface area contributed by atoms with Crippen molar-refractivity contribution in [1.82, 2.24) is 0 Å². The van der Waals surface area contributed by atoms with E-state index in [9.17, 15) is 9.59 Å². The van der Waals surface area contributed by atoms with Gasteiger partial charge in [0.2, 0.25) is 0 Å². The Morgan fingerprint density at radius 2 is 1.93 bits per heavy atom. The molecule has 2 aliphatic rings. The summed E-state index contributed by atoms with van der Waals surface area (Å²) in [5.74, 6) is -0.252. The van der Waals surface area contributed by atoms with Gasteiger partial charge in [0.15, 0.2) is 5.79 Å². The van der Waals surface area contributed by atoms with E-state index in [1.165, 1.54) is 26.0 Å². The lowest BCUT2D eigenvalue weighted by atomic mass is 9.84. The minimum atomic E-state index is -0.477. The molecule has 2 fully saturated rings. The molecule has 4 atom stereocenters. The molecule has 0 aromatic rings. The third kappa shape index (κ3) is 7.71. The van der Waals surface area contributed by atoms with E-state index in [2.05, 4.69) is 21.1 Å². The fourth-order valence-corrected chi connectivity index (χ4v) is 5.02. The lowest BCUT2D eigenvalue weighted by Crippen LogP contribution is -2.33. The number of ketones is 1. The van der Waals surface area contributed by atoms with E-state index in [4.69, 9.17) is 14.0 Å². The van der Waals surface area contributed by atoms with Gasteiger partial charge in [0, 0.05) is 40.7 Å². The van der Waals surface area contributed by atoms with E-state index >= 15 is 0 Å². The van der Waals surface area contributed by atoms with E-state index < -0.39 is 5.79 Å². The molecule has 1 saturated heterocycles. The van der Waals surface area contributed by atoms with E-state index in [-0.39, 0.29) is 23.9 Å². The van der Waals surface area contributed by atoms with E-state index in [0.29, 0.717) is 25.4 Å². The fourth-order valence-electron chi connectivity index (χ4n) is 4.73. The molecule has 0 bridgehead atoms. The number of hydrogen-bond acceptors (Lipinski definition) is 6. The van der Waals surface area contributed by atoms with Gasteiger partial charge in [0.05, 0.1) is 26.4 Å². The first-order valence-corrected chi connectivity index (χ1v) is 11.9. The topological polar surface area (TPSA) is 71.1 Å². The van der Waals surface area contributed by atoms with Gasteiger partial charge in [-0.15, -0.1) is 0 Å². The quantitative estimate of drug-likeness (QED) is 0.167. The Balaban J connectivity index is 1.86. The Morgan fingerprint density at radius 3 is 2.60 bits per heavy atom. The second kappa shape index (κ2) is 13.6. The highest BCUT2D eigenvalue weighted by molar-refractivity contribution is 7.09. The number of esters is 1. The van der Waals surface area contributed by atoms with Crippen molar-refractivity contribution < 1.29 is 28.3 Å². The van der Waals surface area contributed by atoms with Gasteiger partial charge in [-0.25, -0.2) is 4.79 Å². The van der Waals surface area contributed by atoms with E-state index in [0.717, 1.165) is 51.4 Å². The molecule has 0 radical (unpaired) electrons. The van der Waals surface area contributed by atoms with Gasteiger partial charge in [0.25, 0.3) is 0 Å². The van der Waals surface area contributed by atoms with Crippen LogP contribution in [0.2, 0.25) is 0 Å². The first kappa shape index (κ1) is 25.5. The minimum absolute atomic E-state index is 0.0363. The molecule has 0 aromatic heterocycles. The van der Waals surface area contributed by atoms with Gasteiger partial charge >= 0.3 is 5.97 Å². The normalized spacial score (nSPS) is 26.0. The zero-order valence-electron chi connectivity index (χ0n) is 18.6. The summed E-state index contributed by atoms with van der Waals surface area (Å²) in [6, 6.07) is 0. The molecule has 2 rings (SSSR count). The number of Topliss-reactive ketones (excluding diaryl/α,β-unsaturated/α-hetero) is 1. The molecular weight excluding hydrogens is 403 g/mol. The van der Waals surface area contributed by atoms with Crippen LogP contribution >= 0.6 is 9.47 Å². The van der Waals surface area contributed by atoms with Crippen LogP contribution in [0.4, 0.5) is 0 Å². The summed E-state index contributed by atoms with van der Waals surface area (Å²) < 4.78 is 22.3. The van der Waals surface area contributed by atoms with Gasteiger partial charge in [-0.1, -0.05) is 32.3 Å². The molecule has 30 heavy (non-hydrogen) atoms. The summed E-state index contributed by atoms with van der Waals surface area (Å²) in [7, 11) is 3.72. The van der Waals surface area contributed by atoms with Gasteiger partial charge in [-0.3, -0.25) is 4.79 Å². The van der Waals surface area contributed by atoms with Crippen molar-refractivity contribution in [2.75, 3.05) is 20.3 Å². The highest BCUT2D eigenvalue weighted by Gasteiger charge is 2.44. The second-order valence-electron chi connectivity index (χ2n) is 8.43. The van der Waals surface area contributed by atoms with Crippen LogP contribution < -0.4 is 0 Å². The van der Waals surface area contributed by atoms with Crippen molar-refractivity contribution in [3.8, 4) is 0 Å². The number of methoxy groups -OCH3 is 1. The number of carbonyl (C=O) groups is 2. The van der Waals surface area contributed by atoms with E-state index in [1.54, 1.807) is 0 Å². The first-order valence-electron chi connectivity index (χ1n) is 11.5. The van der Waals surface area contributed by atoms with Crippen molar-refractivity contribution >= 4 is 21.2 Å². The Hall–Kier alpha value is -0.810. The monoisotopic (exact) mass is 442 g/mol. The van der Waals surface area contributed by atoms with Crippen LogP contribution in [0.5, 0.6) is 0 Å². The van der Waals surface area contributed by atoms with Gasteiger partial charge in [0.1, 0.15) is 5.78 Å². The molecule has 3 unspecified atom stereocenters. The predicted octanol–water partition coefficient (Wildman–Crippen LogP) is 4.76. The standard InChI is InChI=1S/C23H39O6P/c1-3-4-9-13-23(27-15-16-28-23)14-12-19-18(20(24)17-21(19)29-30)10-7-5-6-8-11-22(25)26-2/h8,11,18-19,21H,3-7,9-10,12-17,30H2,1-2H3/b11-8+/t18?,19-,21?/m1/s1.